The van der Waals surface area contributed by atoms with E-state index in [4.69, 9.17) is 9.47 Å². The molecule has 2 rings (SSSR count). The third kappa shape index (κ3) is 4.00. The van der Waals surface area contributed by atoms with E-state index >= 15 is 0 Å². The standard InChI is InChI=1S/C14H14N4O3/c1-20-11-6-10(7-12(8-11)21-2)9-17-18-14(19)13-15-4-3-5-16-13/h3-9H,1-2H3,(H,18,19). The Bertz CT molecular complexity index is 622. The fourth-order valence-electron chi connectivity index (χ4n) is 1.54. The number of hydrogen-bond acceptors (Lipinski definition) is 6. The van der Waals surface area contributed by atoms with Crippen LogP contribution in [0.25, 0.3) is 0 Å². The number of amides is 1. The van der Waals surface area contributed by atoms with E-state index in [0.717, 1.165) is 5.56 Å². The fourth-order valence-corrected chi connectivity index (χ4v) is 1.54. The Labute approximate surface area is 121 Å². The molecule has 0 aliphatic rings. The van der Waals surface area contributed by atoms with Crippen molar-refractivity contribution >= 4 is 12.1 Å². The van der Waals surface area contributed by atoms with Crippen LogP contribution in [-0.4, -0.2) is 36.3 Å². The highest BCUT2D eigenvalue weighted by Gasteiger charge is 2.06. The Balaban J connectivity index is 2.06. The van der Waals surface area contributed by atoms with E-state index in [-0.39, 0.29) is 5.82 Å². The summed E-state index contributed by atoms with van der Waals surface area (Å²) < 4.78 is 10.3. The molecule has 21 heavy (non-hydrogen) atoms. The Morgan fingerprint density at radius 2 is 1.76 bits per heavy atom. The van der Waals surface area contributed by atoms with Crippen molar-refractivity contribution in [1.29, 1.82) is 0 Å². The van der Waals surface area contributed by atoms with Gasteiger partial charge < -0.3 is 9.47 Å². The summed E-state index contributed by atoms with van der Waals surface area (Å²) in [5.74, 6) is 0.835. The maximum absolute atomic E-state index is 11.7. The van der Waals surface area contributed by atoms with Gasteiger partial charge >= 0.3 is 5.91 Å². The van der Waals surface area contributed by atoms with E-state index in [1.165, 1.54) is 18.6 Å². The summed E-state index contributed by atoms with van der Waals surface area (Å²) in [6, 6.07) is 6.89. The topological polar surface area (TPSA) is 85.7 Å². The summed E-state index contributed by atoms with van der Waals surface area (Å²) in [7, 11) is 3.12. The highest BCUT2D eigenvalue weighted by atomic mass is 16.5. The van der Waals surface area contributed by atoms with E-state index in [2.05, 4.69) is 20.5 Å². The number of benzene rings is 1. The van der Waals surface area contributed by atoms with E-state index in [9.17, 15) is 4.79 Å². The van der Waals surface area contributed by atoms with Gasteiger partial charge in [-0.05, 0) is 18.2 Å². The van der Waals surface area contributed by atoms with Crippen LogP contribution in [0.2, 0.25) is 0 Å². The average Bonchev–Trinajstić information content (AvgIpc) is 2.55. The van der Waals surface area contributed by atoms with Gasteiger partial charge in [-0.1, -0.05) is 0 Å². The summed E-state index contributed by atoms with van der Waals surface area (Å²) in [6.07, 6.45) is 4.45. The summed E-state index contributed by atoms with van der Waals surface area (Å²) >= 11 is 0. The number of hydrogen-bond donors (Lipinski definition) is 1. The second kappa shape index (κ2) is 6.99. The first-order chi connectivity index (χ1) is 10.2. The summed E-state index contributed by atoms with van der Waals surface area (Å²) in [4.78, 5) is 19.3. The number of methoxy groups -OCH3 is 2. The minimum Gasteiger partial charge on any atom is -0.497 e. The first-order valence-electron chi connectivity index (χ1n) is 6.06. The molecule has 7 heteroatoms. The smallest absolute Gasteiger partial charge is 0.309 e. The van der Waals surface area contributed by atoms with Crippen LogP contribution in [0.15, 0.2) is 41.8 Å². The molecule has 1 aromatic carbocycles. The number of nitrogens with one attached hydrogen (secondary N) is 1. The maximum atomic E-state index is 11.7. The zero-order valence-electron chi connectivity index (χ0n) is 11.6. The van der Waals surface area contributed by atoms with Gasteiger partial charge in [0, 0.05) is 24.0 Å². The molecule has 0 radical (unpaired) electrons. The van der Waals surface area contributed by atoms with Crippen LogP contribution < -0.4 is 14.9 Å². The van der Waals surface area contributed by atoms with E-state index in [0.29, 0.717) is 11.5 Å². The normalized spacial score (nSPS) is 10.4. The van der Waals surface area contributed by atoms with Crippen LogP contribution in [0, 0.1) is 0 Å². The zero-order valence-corrected chi connectivity index (χ0v) is 11.6. The van der Waals surface area contributed by atoms with Crippen molar-refractivity contribution in [1.82, 2.24) is 15.4 Å². The molecule has 0 saturated carbocycles. The van der Waals surface area contributed by atoms with Crippen molar-refractivity contribution in [3.05, 3.63) is 48.0 Å². The molecule has 7 nitrogen and oxygen atoms in total. The second-order valence-electron chi connectivity index (χ2n) is 3.92. The average molecular weight is 286 g/mol. The number of nitrogens with zero attached hydrogens (tertiary/aromatic N) is 3. The number of rotatable bonds is 5. The SMILES string of the molecule is COc1cc(C=NNC(=O)c2ncccn2)cc(OC)c1. The van der Waals surface area contributed by atoms with Crippen molar-refractivity contribution < 1.29 is 14.3 Å². The van der Waals surface area contributed by atoms with Crippen LogP contribution in [0.3, 0.4) is 0 Å². The quantitative estimate of drug-likeness (QED) is 0.660. The summed E-state index contributed by atoms with van der Waals surface area (Å²) in [5, 5.41) is 3.85. The van der Waals surface area contributed by atoms with E-state index in [1.807, 2.05) is 0 Å². The number of ether oxygens (including phenoxy) is 2. The molecular weight excluding hydrogens is 272 g/mol. The molecule has 0 atom stereocenters. The molecular formula is C14H14N4O3. The van der Waals surface area contributed by atoms with Crippen molar-refractivity contribution in [2.45, 2.75) is 0 Å². The van der Waals surface area contributed by atoms with E-state index < -0.39 is 5.91 Å². The molecule has 0 bridgehead atoms. The molecule has 0 fully saturated rings. The number of carbonyl (C=O) groups excluding carboxylic acids is 1. The minimum atomic E-state index is -0.485. The number of carbonyl (C=O) groups is 1. The Morgan fingerprint density at radius 3 is 2.33 bits per heavy atom. The lowest BCUT2D eigenvalue weighted by Gasteiger charge is -2.05. The highest BCUT2D eigenvalue weighted by Crippen LogP contribution is 2.21. The largest absolute Gasteiger partial charge is 0.497 e. The van der Waals surface area contributed by atoms with Gasteiger partial charge in [0.1, 0.15) is 11.5 Å². The van der Waals surface area contributed by atoms with Crippen molar-refractivity contribution in [3.63, 3.8) is 0 Å². The van der Waals surface area contributed by atoms with Gasteiger partial charge in [0.25, 0.3) is 0 Å². The fraction of sp³-hybridized carbons (Fsp3) is 0.143. The molecule has 0 aliphatic carbocycles. The van der Waals surface area contributed by atoms with Crippen molar-refractivity contribution in [3.8, 4) is 11.5 Å². The molecule has 2 aromatic rings. The summed E-state index contributed by atoms with van der Waals surface area (Å²) in [6.45, 7) is 0. The van der Waals surface area contributed by atoms with Crippen LogP contribution >= 0.6 is 0 Å². The van der Waals surface area contributed by atoms with Gasteiger partial charge in [-0.25, -0.2) is 15.4 Å². The van der Waals surface area contributed by atoms with Gasteiger partial charge in [-0.2, -0.15) is 5.10 Å². The van der Waals surface area contributed by atoms with Gasteiger partial charge in [0.05, 0.1) is 20.4 Å². The van der Waals surface area contributed by atoms with Crippen molar-refractivity contribution in [2.75, 3.05) is 14.2 Å². The zero-order chi connectivity index (χ0) is 15.1. The lowest BCUT2D eigenvalue weighted by Crippen LogP contribution is -2.20. The molecule has 1 N–H and O–H groups in total. The second-order valence-corrected chi connectivity index (χ2v) is 3.92. The molecule has 1 amide bonds. The minimum absolute atomic E-state index is 0.0536. The first kappa shape index (κ1) is 14.4. The molecule has 108 valence electrons. The predicted octanol–water partition coefficient (Wildman–Crippen LogP) is 1.26. The Hall–Kier alpha value is -2.96. The third-order valence-corrected chi connectivity index (χ3v) is 2.52. The Kier molecular flexibility index (Phi) is 4.81. The van der Waals surface area contributed by atoms with E-state index in [1.54, 1.807) is 38.5 Å². The van der Waals surface area contributed by atoms with Crippen LogP contribution in [0.5, 0.6) is 11.5 Å². The third-order valence-electron chi connectivity index (χ3n) is 2.52. The molecule has 1 heterocycles. The van der Waals surface area contributed by atoms with Gasteiger partial charge in [-0.15, -0.1) is 0 Å². The highest BCUT2D eigenvalue weighted by molar-refractivity contribution is 5.91. The van der Waals surface area contributed by atoms with Crippen LogP contribution in [0.4, 0.5) is 0 Å². The van der Waals surface area contributed by atoms with Gasteiger partial charge in [0.2, 0.25) is 5.82 Å². The lowest BCUT2D eigenvalue weighted by molar-refractivity contribution is 0.0944. The van der Waals surface area contributed by atoms with Gasteiger partial charge in [-0.3, -0.25) is 4.79 Å². The molecule has 0 aliphatic heterocycles. The first-order valence-corrected chi connectivity index (χ1v) is 6.06. The molecule has 0 unspecified atom stereocenters. The molecule has 0 spiro atoms. The van der Waals surface area contributed by atoms with Gasteiger partial charge in [0.15, 0.2) is 0 Å². The monoisotopic (exact) mass is 286 g/mol. The molecule has 0 saturated heterocycles. The maximum Gasteiger partial charge on any atom is 0.309 e. The lowest BCUT2D eigenvalue weighted by atomic mass is 10.2. The molecule has 1 aromatic heterocycles. The number of hydrazone groups is 1. The van der Waals surface area contributed by atoms with Crippen LogP contribution in [0.1, 0.15) is 16.2 Å². The van der Waals surface area contributed by atoms with Crippen LogP contribution in [-0.2, 0) is 0 Å². The summed E-state index contributed by atoms with van der Waals surface area (Å²) in [5.41, 5.74) is 3.07. The Morgan fingerprint density at radius 1 is 1.14 bits per heavy atom. The predicted molar refractivity (Wildman–Crippen MR) is 76.6 cm³/mol. The number of aromatic nitrogens is 2. The van der Waals surface area contributed by atoms with Crippen molar-refractivity contribution in [2.24, 2.45) is 5.10 Å².